The van der Waals surface area contributed by atoms with Gasteiger partial charge in [-0.25, -0.2) is 13.4 Å². The molecule has 1 N–H and O–H groups in total. The van der Waals surface area contributed by atoms with E-state index in [0.717, 1.165) is 10.9 Å². The molecule has 0 amide bonds. The van der Waals surface area contributed by atoms with Crippen molar-refractivity contribution >= 4 is 20.9 Å². The van der Waals surface area contributed by atoms with E-state index in [4.69, 9.17) is 4.74 Å². The number of aromatic nitrogens is 3. The van der Waals surface area contributed by atoms with Gasteiger partial charge in [-0.15, -0.1) is 0 Å². The van der Waals surface area contributed by atoms with Gasteiger partial charge in [0.05, 0.1) is 23.9 Å². The minimum atomic E-state index is -3.84. The maximum Gasteiger partial charge on any atom is 0.255 e. The standard InChI is InChI=1S/C23H20N4O4S/c1-31-17-9-7-16(8-10-17)22-25-19-11-13-27(14-18(19)23(28)26-22)32(29,30)20-6-2-4-15-5-3-12-24-21(15)20/h2-10,12H,11,13-14H2,1H3,(H,25,26,28). The quantitative estimate of drug-likeness (QED) is 0.515. The van der Waals surface area contributed by atoms with Gasteiger partial charge < -0.3 is 9.72 Å². The van der Waals surface area contributed by atoms with Gasteiger partial charge in [-0.1, -0.05) is 18.2 Å². The number of benzene rings is 2. The Labute approximate surface area is 184 Å². The van der Waals surface area contributed by atoms with Crippen LogP contribution in [0, 0.1) is 0 Å². The Morgan fingerprint density at radius 2 is 1.84 bits per heavy atom. The first-order chi connectivity index (χ1) is 15.5. The number of rotatable bonds is 4. The summed E-state index contributed by atoms with van der Waals surface area (Å²) in [6.07, 6.45) is 1.92. The molecular weight excluding hydrogens is 428 g/mol. The smallest absolute Gasteiger partial charge is 0.255 e. The summed E-state index contributed by atoms with van der Waals surface area (Å²) in [5, 5.41) is 0.745. The number of hydrogen-bond donors (Lipinski definition) is 1. The van der Waals surface area contributed by atoms with Gasteiger partial charge in [0.25, 0.3) is 5.56 Å². The van der Waals surface area contributed by atoms with Crippen LogP contribution in [-0.4, -0.2) is 41.3 Å². The van der Waals surface area contributed by atoms with Crippen LogP contribution in [0.2, 0.25) is 0 Å². The van der Waals surface area contributed by atoms with Gasteiger partial charge in [0.2, 0.25) is 10.0 Å². The number of ether oxygens (including phenoxy) is 1. The minimum absolute atomic E-state index is 0.0356. The van der Waals surface area contributed by atoms with Gasteiger partial charge in [-0.05, 0) is 36.4 Å². The Morgan fingerprint density at radius 3 is 2.62 bits per heavy atom. The second kappa shape index (κ2) is 7.85. The van der Waals surface area contributed by atoms with Crippen LogP contribution < -0.4 is 10.3 Å². The number of methoxy groups -OCH3 is 1. The number of sulfonamides is 1. The van der Waals surface area contributed by atoms with Crippen molar-refractivity contribution in [2.24, 2.45) is 0 Å². The fourth-order valence-electron chi connectivity index (χ4n) is 3.91. The predicted octanol–water partition coefficient (Wildman–Crippen LogP) is 2.74. The maximum absolute atomic E-state index is 13.4. The minimum Gasteiger partial charge on any atom is -0.497 e. The number of para-hydroxylation sites is 1. The fourth-order valence-corrected chi connectivity index (χ4v) is 5.49. The Balaban J connectivity index is 1.50. The summed E-state index contributed by atoms with van der Waals surface area (Å²) in [6.45, 7) is 0.198. The molecule has 1 aliphatic rings. The molecule has 2 aromatic heterocycles. The third-order valence-corrected chi connectivity index (χ3v) is 7.49. The Bertz CT molecular complexity index is 1480. The van der Waals surface area contributed by atoms with Crippen LogP contribution in [0.4, 0.5) is 0 Å². The summed E-state index contributed by atoms with van der Waals surface area (Å²) in [6, 6.07) is 15.9. The Kier molecular flexibility index (Phi) is 4.99. The molecule has 32 heavy (non-hydrogen) atoms. The van der Waals surface area contributed by atoms with Crippen LogP contribution in [0.5, 0.6) is 5.75 Å². The van der Waals surface area contributed by atoms with Crippen LogP contribution in [0.25, 0.3) is 22.3 Å². The van der Waals surface area contributed by atoms with Crippen molar-refractivity contribution in [3.63, 3.8) is 0 Å². The van der Waals surface area contributed by atoms with E-state index in [1.54, 1.807) is 43.6 Å². The first kappa shape index (κ1) is 20.3. The van der Waals surface area contributed by atoms with Gasteiger partial charge in [0, 0.05) is 36.7 Å². The van der Waals surface area contributed by atoms with Gasteiger partial charge in [-0.3, -0.25) is 9.78 Å². The zero-order valence-corrected chi connectivity index (χ0v) is 18.1. The Hall–Kier alpha value is -3.56. The number of fused-ring (bicyclic) bond motifs is 2. The molecule has 3 heterocycles. The van der Waals surface area contributed by atoms with Gasteiger partial charge in [0.1, 0.15) is 16.5 Å². The lowest BCUT2D eigenvalue weighted by Gasteiger charge is -2.27. The highest BCUT2D eigenvalue weighted by molar-refractivity contribution is 7.89. The topological polar surface area (TPSA) is 105 Å². The molecule has 0 saturated carbocycles. The van der Waals surface area contributed by atoms with Gasteiger partial charge in [0.15, 0.2) is 0 Å². The van der Waals surface area contributed by atoms with Crippen LogP contribution in [0.15, 0.2) is 70.5 Å². The molecule has 0 radical (unpaired) electrons. The lowest BCUT2D eigenvalue weighted by atomic mass is 10.1. The lowest BCUT2D eigenvalue weighted by molar-refractivity contribution is 0.385. The van der Waals surface area contributed by atoms with Gasteiger partial charge in [-0.2, -0.15) is 4.31 Å². The van der Waals surface area contributed by atoms with E-state index in [1.807, 2.05) is 24.3 Å². The first-order valence-corrected chi connectivity index (χ1v) is 11.5. The second-order valence-corrected chi connectivity index (χ2v) is 9.39. The average Bonchev–Trinajstić information content (AvgIpc) is 2.83. The zero-order valence-electron chi connectivity index (χ0n) is 17.3. The van der Waals surface area contributed by atoms with Crippen molar-refractivity contribution in [2.45, 2.75) is 17.9 Å². The molecule has 1 aliphatic heterocycles. The number of hydrogen-bond acceptors (Lipinski definition) is 6. The highest BCUT2D eigenvalue weighted by Gasteiger charge is 2.32. The third kappa shape index (κ3) is 3.45. The molecule has 0 fully saturated rings. The molecule has 0 unspecified atom stereocenters. The third-order valence-electron chi connectivity index (χ3n) is 5.61. The molecule has 0 atom stereocenters. The summed E-state index contributed by atoms with van der Waals surface area (Å²) in [7, 11) is -2.26. The van der Waals surface area contributed by atoms with Crippen molar-refractivity contribution in [3.8, 4) is 17.1 Å². The highest BCUT2D eigenvalue weighted by Crippen LogP contribution is 2.28. The normalized spacial score (nSPS) is 14.3. The van der Waals surface area contributed by atoms with E-state index in [9.17, 15) is 13.2 Å². The van der Waals surface area contributed by atoms with E-state index in [-0.39, 0.29) is 23.5 Å². The van der Waals surface area contributed by atoms with Crippen molar-refractivity contribution < 1.29 is 13.2 Å². The molecule has 0 saturated heterocycles. The number of H-pyrrole nitrogens is 1. The van der Waals surface area contributed by atoms with Crippen LogP contribution in [-0.2, 0) is 23.0 Å². The van der Waals surface area contributed by atoms with E-state index >= 15 is 0 Å². The molecule has 0 spiro atoms. The molecule has 2 aromatic carbocycles. The second-order valence-electron chi connectivity index (χ2n) is 7.49. The lowest BCUT2D eigenvalue weighted by Crippen LogP contribution is -2.39. The molecule has 0 aliphatic carbocycles. The summed E-state index contributed by atoms with van der Waals surface area (Å²) in [5.74, 6) is 1.16. The van der Waals surface area contributed by atoms with Crippen LogP contribution in [0.3, 0.4) is 0 Å². The van der Waals surface area contributed by atoms with Crippen LogP contribution in [0.1, 0.15) is 11.3 Å². The van der Waals surface area contributed by atoms with Crippen molar-refractivity contribution in [2.75, 3.05) is 13.7 Å². The SMILES string of the molecule is COc1ccc(-c2nc3c(c(=O)[nH]2)CN(S(=O)(=O)c2cccc4cccnc24)CC3)cc1. The number of nitrogens with zero attached hydrogens (tertiary/aromatic N) is 3. The first-order valence-electron chi connectivity index (χ1n) is 10.1. The van der Waals surface area contributed by atoms with E-state index in [0.29, 0.717) is 34.8 Å². The largest absolute Gasteiger partial charge is 0.497 e. The maximum atomic E-state index is 13.4. The molecule has 0 bridgehead atoms. The number of nitrogens with one attached hydrogen (secondary N) is 1. The van der Waals surface area contributed by atoms with Gasteiger partial charge >= 0.3 is 0 Å². The van der Waals surface area contributed by atoms with Crippen molar-refractivity contribution in [1.29, 1.82) is 0 Å². The fraction of sp³-hybridized carbons (Fsp3) is 0.174. The molecule has 8 nitrogen and oxygen atoms in total. The summed E-state index contributed by atoms with van der Waals surface area (Å²) in [5.41, 5.74) is 1.81. The average molecular weight is 449 g/mol. The molecule has 9 heteroatoms. The predicted molar refractivity (Wildman–Crippen MR) is 120 cm³/mol. The monoisotopic (exact) mass is 448 g/mol. The zero-order chi connectivity index (χ0) is 22.3. The summed E-state index contributed by atoms with van der Waals surface area (Å²) < 4.78 is 33.3. The van der Waals surface area contributed by atoms with Crippen molar-refractivity contribution in [1.82, 2.24) is 19.3 Å². The highest BCUT2D eigenvalue weighted by atomic mass is 32.2. The molecule has 5 rings (SSSR count). The van der Waals surface area contributed by atoms with E-state index < -0.39 is 10.0 Å². The summed E-state index contributed by atoms with van der Waals surface area (Å²) >= 11 is 0. The molecule has 4 aromatic rings. The molecule has 162 valence electrons. The van der Waals surface area contributed by atoms with Crippen LogP contribution >= 0.6 is 0 Å². The number of pyridine rings is 1. The van der Waals surface area contributed by atoms with E-state index in [1.165, 1.54) is 4.31 Å². The number of aromatic amines is 1. The molecular formula is C23H20N4O4S. The van der Waals surface area contributed by atoms with Crippen molar-refractivity contribution in [3.05, 3.63) is 82.4 Å². The Morgan fingerprint density at radius 1 is 1.06 bits per heavy atom. The summed E-state index contributed by atoms with van der Waals surface area (Å²) in [4.78, 5) is 24.7. The van der Waals surface area contributed by atoms with E-state index in [2.05, 4.69) is 15.0 Å².